The summed E-state index contributed by atoms with van der Waals surface area (Å²) in [4.78, 5) is 10.2. The molecule has 1 aromatic heterocycles. The maximum Gasteiger partial charge on any atom is 0.160 e. The monoisotopic (exact) mass is 768 g/mol. The highest BCUT2D eigenvalue weighted by molar-refractivity contribution is 5.91. The fourth-order valence-electron chi connectivity index (χ4n) is 9.76. The minimum Gasteiger partial charge on any atom is -0.228 e. The van der Waals surface area contributed by atoms with Crippen LogP contribution in [-0.4, -0.2) is 9.97 Å². The van der Waals surface area contributed by atoms with E-state index in [0.29, 0.717) is 5.82 Å². The number of fused-ring (bicyclic) bond motifs is 6. The molecule has 2 heteroatoms. The maximum atomic E-state index is 5.10. The average molecular weight is 769 g/mol. The van der Waals surface area contributed by atoms with Crippen LogP contribution in [0.2, 0.25) is 0 Å². The van der Waals surface area contributed by atoms with Crippen molar-refractivity contribution >= 4 is 0 Å². The third kappa shape index (κ3) is 5.86. The van der Waals surface area contributed by atoms with Gasteiger partial charge in [0.2, 0.25) is 0 Å². The standard InChI is InChI=1S/C58H44N2/c1-57(2)50-21-12-11-20-46(50)48-34-53-49(35-52(48)57)47-33-45(30-31-51(47)58(53,3)4)44-19-13-18-43(32-44)39-24-28-41(29-25-39)55-36-54(59-56(60-55)42-16-9-6-10-17-42)40-26-22-38(23-27-40)37-14-7-5-8-15-37/h5-36H,1-4H3. The topological polar surface area (TPSA) is 25.8 Å². The fraction of sp³-hybridized carbons (Fsp3) is 0.103. The van der Waals surface area contributed by atoms with Crippen molar-refractivity contribution in [3.05, 3.63) is 216 Å². The molecule has 0 fully saturated rings. The minimum atomic E-state index is -0.0806. The summed E-state index contributed by atoms with van der Waals surface area (Å²) >= 11 is 0. The number of hydrogen-bond acceptors (Lipinski definition) is 2. The van der Waals surface area contributed by atoms with Gasteiger partial charge in [-0.2, -0.15) is 0 Å². The Hall–Kier alpha value is -7.16. The van der Waals surface area contributed by atoms with Gasteiger partial charge in [0.25, 0.3) is 0 Å². The first-order chi connectivity index (χ1) is 29.2. The molecular weight excluding hydrogens is 725 g/mol. The molecule has 2 nitrogen and oxygen atoms in total. The van der Waals surface area contributed by atoms with E-state index in [1.807, 2.05) is 24.3 Å². The van der Waals surface area contributed by atoms with E-state index in [1.54, 1.807) is 0 Å². The van der Waals surface area contributed by atoms with Crippen LogP contribution < -0.4 is 0 Å². The molecule has 0 unspecified atom stereocenters. The average Bonchev–Trinajstić information content (AvgIpc) is 3.67. The smallest absolute Gasteiger partial charge is 0.160 e. The van der Waals surface area contributed by atoms with E-state index >= 15 is 0 Å². The van der Waals surface area contributed by atoms with Gasteiger partial charge in [-0.3, -0.25) is 0 Å². The number of benzene rings is 8. The van der Waals surface area contributed by atoms with E-state index in [9.17, 15) is 0 Å². The zero-order valence-electron chi connectivity index (χ0n) is 34.4. The minimum absolute atomic E-state index is 0.0373. The SMILES string of the molecule is CC1(C)c2ccccc2-c2cc3c(cc21)-c1cc(-c2cccc(-c4ccc(-c5cc(-c6ccc(-c7ccccc7)cc6)nc(-c6ccccc6)n5)cc4)c2)ccc1C3(C)C. The van der Waals surface area contributed by atoms with E-state index in [0.717, 1.165) is 28.1 Å². The lowest BCUT2D eigenvalue weighted by Crippen LogP contribution is -2.16. The van der Waals surface area contributed by atoms with Crippen LogP contribution in [0.4, 0.5) is 0 Å². The molecule has 0 N–H and O–H groups in total. The molecule has 9 aromatic rings. The van der Waals surface area contributed by atoms with Gasteiger partial charge >= 0.3 is 0 Å². The van der Waals surface area contributed by atoms with Crippen molar-refractivity contribution in [2.45, 2.75) is 38.5 Å². The van der Waals surface area contributed by atoms with Gasteiger partial charge in [-0.05, 0) is 108 Å². The van der Waals surface area contributed by atoms with Crippen molar-refractivity contribution in [2.75, 3.05) is 0 Å². The lowest BCUT2D eigenvalue weighted by molar-refractivity contribution is 0.652. The maximum absolute atomic E-state index is 5.10. The summed E-state index contributed by atoms with van der Waals surface area (Å²) in [6.45, 7) is 9.51. The van der Waals surface area contributed by atoms with Gasteiger partial charge in [-0.1, -0.05) is 191 Å². The number of nitrogens with zero attached hydrogens (tertiary/aromatic N) is 2. The molecule has 1 heterocycles. The third-order valence-corrected chi connectivity index (χ3v) is 13.1. The van der Waals surface area contributed by atoms with Crippen molar-refractivity contribution in [3.63, 3.8) is 0 Å². The Kier molecular flexibility index (Phi) is 8.22. The molecule has 60 heavy (non-hydrogen) atoms. The van der Waals surface area contributed by atoms with Crippen LogP contribution in [-0.2, 0) is 10.8 Å². The normalized spacial score (nSPS) is 13.9. The third-order valence-electron chi connectivity index (χ3n) is 13.1. The molecule has 8 aromatic carbocycles. The molecule has 0 saturated carbocycles. The van der Waals surface area contributed by atoms with Crippen molar-refractivity contribution in [1.82, 2.24) is 9.97 Å². The molecule has 2 aliphatic carbocycles. The van der Waals surface area contributed by atoms with Crippen LogP contribution in [0.25, 0.3) is 89.5 Å². The van der Waals surface area contributed by atoms with Gasteiger partial charge in [0.05, 0.1) is 11.4 Å². The predicted octanol–water partition coefficient (Wildman–Crippen LogP) is 15.1. The summed E-state index contributed by atoms with van der Waals surface area (Å²) in [6.07, 6.45) is 0. The van der Waals surface area contributed by atoms with Crippen molar-refractivity contribution in [2.24, 2.45) is 0 Å². The highest BCUT2D eigenvalue weighted by atomic mass is 14.9. The van der Waals surface area contributed by atoms with E-state index in [-0.39, 0.29) is 10.8 Å². The summed E-state index contributed by atoms with van der Waals surface area (Å²) in [6, 6.07) is 70.3. The van der Waals surface area contributed by atoms with Crippen LogP contribution >= 0.6 is 0 Å². The van der Waals surface area contributed by atoms with Crippen LogP contribution in [0.1, 0.15) is 49.9 Å². The summed E-state index contributed by atoms with van der Waals surface area (Å²) in [7, 11) is 0. The van der Waals surface area contributed by atoms with Gasteiger partial charge < -0.3 is 0 Å². The van der Waals surface area contributed by atoms with E-state index in [1.165, 1.54) is 77.9 Å². The molecule has 0 radical (unpaired) electrons. The van der Waals surface area contributed by atoms with Gasteiger partial charge in [0, 0.05) is 27.5 Å². The van der Waals surface area contributed by atoms with E-state index in [2.05, 4.69) is 198 Å². The molecule has 0 aliphatic heterocycles. The van der Waals surface area contributed by atoms with Crippen LogP contribution in [0.15, 0.2) is 194 Å². The van der Waals surface area contributed by atoms with Gasteiger partial charge in [0.15, 0.2) is 5.82 Å². The number of hydrogen-bond donors (Lipinski definition) is 0. The second-order valence-electron chi connectivity index (χ2n) is 17.4. The first-order valence-corrected chi connectivity index (χ1v) is 21.0. The summed E-state index contributed by atoms with van der Waals surface area (Å²) in [5.41, 5.74) is 23.1. The van der Waals surface area contributed by atoms with E-state index < -0.39 is 0 Å². The van der Waals surface area contributed by atoms with Crippen LogP contribution in [0.5, 0.6) is 0 Å². The molecule has 0 spiro atoms. The van der Waals surface area contributed by atoms with Crippen molar-refractivity contribution < 1.29 is 0 Å². The zero-order chi connectivity index (χ0) is 40.6. The molecule has 0 saturated heterocycles. The van der Waals surface area contributed by atoms with Crippen LogP contribution in [0.3, 0.4) is 0 Å². The van der Waals surface area contributed by atoms with Gasteiger partial charge in [0.1, 0.15) is 0 Å². The second kappa shape index (κ2) is 13.7. The highest BCUT2D eigenvalue weighted by Gasteiger charge is 2.41. The summed E-state index contributed by atoms with van der Waals surface area (Å²) < 4.78 is 0. The predicted molar refractivity (Wildman–Crippen MR) is 250 cm³/mol. The fourth-order valence-corrected chi connectivity index (χ4v) is 9.76. The molecule has 2 aliphatic rings. The molecule has 286 valence electrons. The largest absolute Gasteiger partial charge is 0.228 e. The van der Waals surface area contributed by atoms with Crippen molar-refractivity contribution in [1.29, 1.82) is 0 Å². The van der Waals surface area contributed by atoms with Gasteiger partial charge in [-0.25, -0.2) is 9.97 Å². The quantitative estimate of drug-likeness (QED) is 0.168. The molecule has 0 bridgehead atoms. The van der Waals surface area contributed by atoms with E-state index in [4.69, 9.17) is 9.97 Å². The molecular formula is C58H44N2. The Balaban J connectivity index is 0.920. The summed E-state index contributed by atoms with van der Waals surface area (Å²) in [5, 5.41) is 0. The molecule has 0 atom stereocenters. The number of rotatable bonds is 6. The first kappa shape index (κ1) is 36.0. The highest BCUT2D eigenvalue weighted by Crippen LogP contribution is 2.56. The number of aromatic nitrogens is 2. The Morgan fingerprint density at radius 1 is 0.267 bits per heavy atom. The molecule has 11 rings (SSSR count). The zero-order valence-corrected chi connectivity index (χ0v) is 34.4. The van der Waals surface area contributed by atoms with Gasteiger partial charge in [-0.15, -0.1) is 0 Å². The Morgan fingerprint density at radius 3 is 1.28 bits per heavy atom. The Labute approximate surface area is 353 Å². The van der Waals surface area contributed by atoms with Crippen molar-refractivity contribution in [3.8, 4) is 89.5 Å². The Morgan fingerprint density at radius 2 is 0.667 bits per heavy atom. The second-order valence-corrected chi connectivity index (χ2v) is 17.4. The summed E-state index contributed by atoms with van der Waals surface area (Å²) in [5.74, 6) is 0.713. The lowest BCUT2D eigenvalue weighted by Gasteiger charge is -2.24. The van der Waals surface area contributed by atoms with Crippen LogP contribution in [0, 0.1) is 0 Å². The first-order valence-electron chi connectivity index (χ1n) is 21.0. The Bertz CT molecular complexity index is 3100. The molecule has 0 amide bonds. The lowest BCUT2D eigenvalue weighted by atomic mass is 9.79.